The largest absolute Gasteiger partial charge is 0.436 e. The van der Waals surface area contributed by atoms with Gasteiger partial charge < -0.3 is 9.32 Å². The highest BCUT2D eigenvalue weighted by Gasteiger charge is 2.20. The molecule has 29 heavy (non-hydrogen) atoms. The SMILES string of the molecule is CN1/C(=C\C=C\c2ccc(-c3nc4ccccc4o3)c[n+]2C)Sc2ccccc21. The van der Waals surface area contributed by atoms with Gasteiger partial charge >= 0.3 is 0 Å². The predicted octanol–water partition coefficient (Wildman–Crippen LogP) is 5.42. The van der Waals surface area contributed by atoms with Gasteiger partial charge in [-0.05, 0) is 36.4 Å². The third-order valence-electron chi connectivity index (χ3n) is 4.99. The Morgan fingerprint density at radius 1 is 1.03 bits per heavy atom. The standard InChI is InChI=1S/C24H20N3OS/c1-26-16-17(24-25-19-9-3-5-11-21(19)28-24)14-15-18(26)8-7-13-23-27(2)20-10-4-6-12-22(20)29-23/h3-16H,1-2H3/q+1. The lowest BCUT2D eigenvalue weighted by Crippen LogP contribution is -2.31. The molecule has 3 heterocycles. The van der Waals surface area contributed by atoms with Crippen LogP contribution in [0.4, 0.5) is 5.69 Å². The smallest absolute Gasteiger partial charge is 0.233 e. The molecular weight excluding hydrogens is 378 g/mol. The van der Waals surface area contributed by atoms with Gasteiger partial charge in [0.15, 0.2) is 11.8 Å². The molecule has 0 radical (unpaired) electrons. The van der Waals surface area contributed by atoms with E-state index in [4.69, 9.17) is 4.42 Å². The summed E-state index contributed by atoms with van der Waals surface area (Å²) in [6.45, 7) is 0. The number of para-hydroxylation sites is 3. The average Bonchev–Trinajstić information content (AvgIpc) is 3.31. The number of anilines is 1. The minimum Gasteiger partial charge on any atom is -0.436 e. The van der Waals surface area contributed by atoms with Crippen molar-refractivity contribution in [3.05, 3.63) is 89.7 Å². The molecule has 0 N–H and O–H groups in total. The van der Waals surface area contributed by atoms with E-state index in [0.29, 0.717) is 5.89 Å². The molecule has 0 unspecified atom stereocenters. The van der Waals surface area contributed by atoms with Crippen molar-refractivity contribution >= 4 is 34.6 Å². The molecule has 0 fully saturated rings. The van der Waals surface area contributed by atoms with Gasteiger partial charge in [-0.2, -0.15) is 0 Å². The molecule has 0 saturated carbocycles. The molecular formula is C24H20N3OS+. The maximum Gasteiger partial charge on any atom is 0.233 e. The van der Waals surface area contributed by atoms with Gasteiger partial charge in [-0.15, -0.1) is 0 Å². The van der Waals surface area contributed by atoms with Crippen LogP contribution in [0.3, 0.4) is 0 Å². The van der Waals surface area contributed by atoms with Gasteiger partial charge in [-0.25, -0.2) is 9.55 Å². The van der Waals surface area contributed by atoms with E-state index >= 15 is 0 Å². The summed E-state index contributed by atoms with van der Waals surface area (Å²) in [5.41, 5.74) is 5.00. The number of benzene rings is 2. The molecule has 1 aliphatic rings. The summed E-state index contributed by atoms with van der Waals surface area (Å²) in [6.07, 6.45) is 8.41. The van der Waals surface area contributed by atoms with Crippen LogP contribution in [0.25, 0.3) is 28.6 Å². The van der Waals surface area contributed by atoms with Gasteiger partial charge in [0.05, 0.1) is 10.7 Å². The molecule has 4 nitrogen and oxygen atoms in total. The van der Waals surface area contributed by atoms with E-state index in [0.717, 1.165) is 22.4 Å². The van der Waals surface area contributed by atoms with Crippen LogP contribution in [-0.2, 0) is 7.05 Å². The van der Waals surface area contributed by atoms with Gasteiger partial charge in [0.1, 0.15) is 18.1 Å². The predicted molar refractivity (Wildman–Crippen MR) is 118 cm³/mol. The highest BCUT2D eigenvalue weighted by molar-refractivity contribution is 8.03. The summed E-state index contributed by atoms with van der Waals surface area (Å²) in [7, 11) is 4.14. The number of fused-ring (bicyclic) bond motifs is 2. The lowest BCUT2D eigenvalue weighted by molar-refractivity contribution is -0.672. The van der Waals surface area contributed by atoms with E-state index in [-0.39, 0.29) is 0 Å². The zero-order chi connectivity index (χ0) is 19.8. The maximum absolute atomic E-state index is 5.88. The average molecular weight is 399 g/mol. The topological polar surface area (TPSA) is 33.2 Å². The van der Waals surface area contributed by atoms with Crippen LogP contribution >= 0.6 is 11.8 Å². The van der Waals surface area contributed by atoms with Crippen molar-refractivity contribution in [3.63, 3.8) is 0 Å². The number of hydrogen-bond donors (Lipinski definition) is 0. The Labute approximate surface area is 173 Å². The Morgan fingerprint density at radius 2 is 1.86 bits per heavy atom. The molecule has 5 rings (SSSR count). The van der Waals surface area contributed by atoms with Crippen LogP contribution in [-0.4, -0.2) is 12.0 Å². The molecule has 0 saturated heterocycles. The van der Waals surface area contributed by atoms with Crippen molar-refractivity contribution in [2.45, 2.75) is 4.90 Å². The first kappa shape index (κ1) is 17.8. The van der Waals surface area contributed by atoms with Gasteiger partial charge in [-0.3, -0.25) is 0 Å². The fourth-order valence-electron chi connectivity index (χ4n) is 3.41. The minimum absolute atomic E-state index is 0.640. The van der Waals surface area contributed by atoms with Crippen molar-refractivity contribution in [1.29, 1.82) is 0 Å². The number of nitrogens with zero attached hydrogens (tertiary/aromatic N) is 3. The van der Waals surface area contributed by atoms with Crippen molar-refractivity contribution in [1.82, 2.24) is 4.98 Å². The lowest BCUT2D eigenvalue weighted by Gasteiger charge is -2.12. The van der Waals surface area contributed by atoms with Crippen molar-refractivity contribution < 1.29 is 8.98 Å². The van der Waals surface area contributed by atoms with Gasteiger partial charge in [0.25, 0.3) is 0 Å². The first-order valence-electron chi connectivity index (χ1n) is 9.44. The molecule has 2 aromatic heterocycles. The maximum atomic E-state index is 5.88. The van der Waals surface area contributed by atoms with Crippen LogP contribution in [0.5, 0.6) is 0 Å². The lowest BCUT2D eigenvalue weighted by atomic mass is 10.2. The van der Waals surface area contributed by atoms with E-state index in [2.05, 4.69) is 70.1 Å². The second kappa shape index (κ2) is 7.26. The Hall–Kier alpha value is -3.31. The van der Waals surface area contributed by atoms with E-state index in [9.17, 15) is 0 Å². The number of hydrogen-bond acceptors (Lipinski definition) is 4. The summed E-state index contributed by atoms with van der Waals surface area (Å²) >= 11 is 1.79. The summed E-state index contributed by atoms with van der Waals surface area (Å²) < 4.78 is 7.96. The normalized spacial score (nSPS) is 15.0. The van der Waals surface area contributed by atoms with E-state index in [1.807, 2.05) is 43.6 Å². The second-order valence-corrected chi connectivity index (χ2v) is 8.00. The van der Waals surface area contributed by atoms with Gasteiger partial charge in [0, 0.05) is 24.1 Å². The molecule has 0 atom stereocenters. The number of aromatic nitrogens is 2. The summed E-state index contributed by atoms with van der Waals surface area (Å²) in [5.74, 6) is 0.640. The molecule has 1 aliphatic heterocycles. The number of rotatable bonds is 3. The summed E-state index contributed by atoms with van der Waals surface area (Å²) in [6, 6.07) is 20.4. The van der Waals surface area contributed by atoms with Crippen LogP contribution in [0, 0.1) is 0 Å². The van der Waals surface area contributed by atoms with Crippen LogP contribution in [0.15, 0.2) is 93.4 Å². The van der Waals surface area contributed by atoms with Crippen molar-refractivity contribution in [3.8, 4) is 11.5 Å². The zero-order valence-electron chi connectivity index (χ0n) is 16.2. The van der Waals surface area contributed by atoms with Gasteiger partial charge in [0.2, 0.25) is 11.6 Å². The zero-order valence-corrected chi connectivity index (χ0v) is 17.1. The van der Waals surface area contributed by atoms with Crippen molar-refractivity contribution in [2.24, 2.45) is 7.05 Å². The van der Waals surface area contributed by atoms with Crippen molar-refractivity contribution in [2.75, 3.05) is 11.9 Å². The monoisotopic (exact) mass is 398 g/mol. The Kier molecular flexibility index (Phi) is 4.45. The van der Waals surface area contributed by atoms with Gasteiger partial charge in [-0.1, -0.05) is 42.1 Å². The number of pyridine rings is 1. The summed E-state index contributed by atoms with van der Waals surface area (Å²) in [5, 5.41) is 1.22. The Balaban J connectivity index is 1.37. The number of thioether (sulfide) groups is 1. The third kappa shape index (κ3) is 3.34. The second-order valence-electron chi connectivity index (χ2n) is 6.93. The third-order valence-corrected chi connectivity index (χ3v) is 6.18. The number of oxazole rings is 1. The van der Waals surface area contributed by atoms with Crippen LogP contribution < -0.4 is 9.47 Å². The minimum atomic E-state index is 0.640. The number of allylic oxidation sites excluding steroid dienone is 2. The quantitative estimate of drug-likeness (QED) is 0.432. The molecule has 0 bridgehead atoms. The van der Waals surface area contributed by atoms with E-state index in [1.165, 1.54) is 15.6 Å². The molecule has 4 aromatic rings. The van der Waals surface area contributed by atoms with Crippen LogP contribution in [0.1, 0.15) is 5.69 Å². The molecule has 0 aliphatic carbocycles. The molecule has 5 heteroatoms. The molecule has 142 valence electrons. The first-order valence-corrected chi connectivity index (χ1v) is 10.3. The highest BCUT2D eigenvalue weighted by atomic mass is 32.2. The fourth-order valence-corrected chi connectivity index (χ4v) is 4.47. The Morgan fingerprint density at radius 3 is 2.69 bits per heavy atom. The van der Waals surface area contributed by atoms with Crippen LogP contribution in [0.2, 0.25) is 0 Å². The fraction of sp³-hybridized carbons (Fsp3) is 0.0833. The first-order chi connectivity index (χ1) is 14.2. The Bertz CT molecular complexity index is 1240. The molecule has 0 spiro atoms. The molecule has 2 aromatic carbocycles. The van der Waals surface area contributed by atoms with E-state index in [1.54, 1.807) is 11.8 Å². The number of aryl methyl sites for hydroxylation is 1. The summed E-state index contributed by atoms with van der Waals surface area (Å²) in [4.78, 5) is 8.10. The van der Waals surface area contributed by atoms with E-state index < -0.39 is 0 Å². The highest BCUT2D eigenvalue weighted by Crippen LogP contribution is 2.44. The molecule has 0 amide bonds.